The Kier molecular flexibility index (Phi) is 2.56. The first-order chi connectivity index (χ1) is 5.72. The predicted molar refractivity (Wildman–Crippen MR) is 53.6 cm³/mol. The molecule has 1 aliphatic heterocycles. The van der Waals surface area contributed by atoms with Crippen LogP contribution in [0.5, 0.6) is 0 Å². The number of hydrogen-bond acceptors (Lipinski definition) is 2. The fourth-order valence-corrected chi connectivity index (χ4v) is 1.26. The van der Waals surface area contributed by atoms with Crippen LogP contribution in [0.25, 0.3) is 0 Å². The Morgan fingerprint density at radius 1 is 1.38 bits per heavy atom. The maximum atomic E-state index is 9.68. The first kappa shape index (κ1) is 10.7. The largest absolute Gasteiger partial charge is 0.386 e. The first-order valence-electron chi connectivity index (χ1n) is 4.78. The van der Waals surface area contributed by atoms with E-state index in [1.54, 1.807) is 0 Å². The summed E-state index contributed by atoms with van der Waals surface area (Å²) in [5, 5.41) is 9.68. The average Bonchev–Trinajstić information content (AvgIpc) is 2.53. The average molecular weight is 184 g/mol. The highest BCUT2D eigenvalue weighted by Gasteiger charge is 2.51. The number of allylic oxidation sites excluding steroid dienone is 1. The molecule has 0 saturated carbocycles. The van der Waals surface area contributed by atoms with Crippen LogP contribution in [0.1, 0.15) is 34.6 Å². The van der Waals surface area contributed by atoms with E-state index in [-0.39, 0.29) is 17.1 Å². The monoisotopic (exact) mass is 184 g/mol. The molecule has 1 heterocycles. The van der Waals surface area contributed by atoms with Gasteiger partial charge in [-0.25, -0.2) is 0 Å². The Labute approximate surface area is 80.6 Å². The molecule has 76 valence electrons. The first-order valence-corrected chi connectivity index (χ1v) is 4.78. The lowest BCUT2D eigenvalue weighted by Gasteiger charge is -2.12. The van der Waals surface area contributed by atoms with Gasteiger partial charge in [-0.3, -0.25) is 0 Å². The highest BCUT2D eigenvalue weighted by Crippen LogP contribution is 2.38. The number of epoxide rings is 1. The second-order valence-corrected chi connectivity index (χ2v) is 5.36. The van der Waals surface area contributed by atoms with Crippen LogP contribution in [-0.4, -0.2) is 22.9 Å². The molecule has 1 rings (SSSR count). The summed E-state index contributed by atoms with van der Waals surface area (Å²) in [5.41, 5.74) is -0.0122. The zero-order valence-corrected chi connectivity index (χ0v) is 9.16. The van der Waals surface area contributed by atoms with Crippen molar-refractivity contribution in [3.8, 4) is 0 Å². The van der Waals surface area contributed by atoms with Gasteiger partial charge < -0.3 is 9.84 Å². The van der Waals surface area contributed by atoms with Gasteiger partial charge in [-0.2, -0.15) is 0 Å². The van der Waals surface area contributed by atoms with E-state index in [0.717, 1.165) is 0 Å². The van der Waals surface area contributed by atoms with Gasteiger partial charge in [0.2, 0.25) is 0 Å². The minimum Gasteiger partial charge on any atom is -0.386 e. The molecule has 2 heteroatoms. The quantitative estimate of drug-likeness (QED) is 0.526. The molecule has 0 radical (unpaired) electrons. The third-order valence-electron chi connectivity index (χ3n) is 2.16. The molecule has 1 fully saturated rings. The number of aliphatic hydroxyl groups excluding tert-OH is 1. The predicted octanol–water partition coefficient (Wildman–Crippen LogP) is 2.13. The van der Waals surface area contributed by atoms with Gasteiger partial charge in [-0.1, -0.05) is 32.9 Å². The minimum atomic E-state index is -0.464. The van der Waals surface area contributed by atoms with Crippen molar-refractivity contribution in [1.29, 1.82) is 0 Å². The van der Waals surface area contributed by atoms with Crippen molar-refractivity contribution < 1.29 is 9.84 Å². The lowest BCUT2D eigenvalue weighted by molar-refractivity contribution is 0.175. The zero-order chi connectivity index (χ0) is 10.3. The molecule has 1 aliphatic rings. The Balaban J connectivity index is 2.44. The van der Waals surface area contributed by atoms with Crippen LogP contribution in [0.4, 0.5) is 0 Å². The lowest BCUT2D eigenvalue weighted by atomic mass is 9.94. The molecule has 13 heavy (non-hydrogen) atoms. The lowest BCUT2D eigenvalue weighted by Crippen LogP contribution is -2.18. The Hall–Kier alpha value is -0.340. The minimum absolute atomic E-state index is 0.0221. The van der Waals surface area contributed by atoms with Gasteiger partial charge in [0.15, 0.2) is 0 Å². The molecule has 0 aromatic carbocycles. The van der Waals surface area contributed by atoms with Crippen molar-refractivity contribution in [1.82, 2.24) is 0 Å². The van der Waals surface area contributed by atoms with E-state index >= 15 is 0 Å². The molecular weight excluding hydrogens is 164 g/mol. The summed E-state index contributed by atoms with van der Waals surface area (Å²) in [4.78, 5) is 0. The maximum absolute atomic E-state index is 9.68. The smallest absolute Gasteiger partial charge is 0.116 e. The van der Waals surface area contributed by atoms with Crippen molar-refractivity contribution in [3.05, 3.63) is 12.2 Å². The molecule has 0 amide bonds. The molecule has 0 aliphatic carbocycles. The fourth-order valence-electron chi connectivity index (χ4n) is 1.26. The SMILES string of the molecule is CC(C)(C)C=CC(O)C1OC1(C)C. The molecule has 0 bridgehead atoms. The summed E-state index contributed by atoms with van der Waals surface area (Å²) in [7, 11) is 0. The van der Waals surface area contributed by atoms with Crippen molar-refractivity contribution in [3.63, 3.8) is 0 Å². The maximum Gasteiger partial charge on any atom is 0.116 e. The summed E-state index contributed by atoms with van der Waals surface area (Å²) in [6.45, 7) is 10.3. The number of aliphatic hydroxyl groups is 1. The van der Waals surface area contributed by atoms with E-state index in [9.17, 15) is 5.11 Å². The van der Waals surface area contributed by atoms with Gasteiger partial charge in [0.1, 0.15) is 12.2 Å². The standard InChI is InChI=1S/C11H20O2/c1-10(2,3)7-6-8(12)9-11(4,5)13-9/h6-9,12H,1-5H3. The highest BCUT2D eigenvalue weighted by molar-refractivity contribution is 5.08. The van der Waals surface area contributed by atoms with E-state index in [4.69, 9.17) is 4.74 Å². The number of hydrogen-bond donors (Lipinski definition) is 1. The highest BCUT2D eigenvalue weighted by atomic mass is 16.6. The molecule has 2 atom stereocenters. The Bertz CT molecular complexity index is 211. The van der Waals surface area contributed by atoms with Gasteiger partial charge in [0.25, 0.3) is 0 Å². The van der Waals surface area contributed by atoms with Crippen LogP contribution in [0.15, 0.2) is 12.2 Å². The normalized spacial score (nSPS) is 29.2. The van der Waals surface area contributed by atoms with Gasteiger partial charge >= 0.3 is 0 Å². The van der Waals surface area contributed by atoms with Crippen molar-refractivity contribution in [2.45, 2.75) is 52.4 Å². The summed E-state index contributed by atoms with van der Waals surface area (Å²) in [6, 6.07) is 0. The molecule has 1 saturated heterocycles. The Morgan fingerprint density at radius 3 is 2.15 bits per heavy atom. The third-order valence-corrected chi connectivity index (χ3v) is 2.16. The molecular formula is C11H20O2. The van der Waals surface area contributed by atoms with E-state index in [2.05, 4.69) is 20.8 Å². The number of rotatable bonds is 2. The van der Waals surface area contributed by atoms with Crippen molar-refractivity contribution >= 4 is 0 Å². The molecule has 2 unspecified atom stereocenters. The van der Waals surface area contributed by atoms with E-state index in [1.807, 2.05) is 26.0 Å². The van der Waals surface area contributed by atoms with E-state index in [0.29, 0.717) is 0 Å². The van der Waals surface area contributed by atoms with Crippen LogP contribution in [0.3, 0.4) is 0 Å². The fraction of sp³-hybridized carbons (Fsp3) is 0.818. The van der Waals surface area contributed by atoms with Crippen molar-refractivity contribution in [2.24, 2.45) is 5.41 Å². The summed E-state index contributed by atoms with van der Waals surface area (Å²) in [5.74, 6) is 0. The summed E-state index contributed by atoms with van der Waals surface area (Å²) in [6.07, 6.45) is 3.37. The number of ether oxygens (including phenoxy) is 1. The van der Waals surface area contributed by atoms with Gasteiger partial charge in [-0.05, 0) is 19.3 Å². The van der Waals surface area contributed by atoms with Crippen LogP contribution in [0, 0.1) is 5.41 Å². The van der Waals surface area contributed by atoms with Gasteiger partial charge in [0.05, 0.1) is 5.60 Å². The van der Waals surface area contributed by atoms with Crippen molar-refractivity contribution in [2.75, 3.05) is 0 Å². The van der Waals surface area contributed by atoms with Gasteiger partial charge in [0, 0.05) is 0 Å². The van der Waals surface area contributed by atoms with E-state index < -0.39 is 6.10 Å². The summed E-state index contributed by atoms with van der Waals surface area (Å²) < 4.78 is 5.33. The zero-order valence-electron chi connectivity index (χ0n) is 9.16. The second-order valence-electron chi connectivity index (χ2n) is 5.36. The molecule has 0 spiro atoms. The topological polar surface area (TPSA) is 32.8 Å². The summed E-state index contributed by atoms with van der Waals surface area (Å²) >= 11 is 0. The van der Waals surface area contributed by atoms with E-state index in [1.165, 1.54) is 0 Å². The second kappa shape index (κ2) is 3.10. The van der Waals surface area contributed by atoms with Crippen LogP contribution >= 0.6 is 0 Å². The molecule has 1 N–H and O–H groups in total. The van der Waals surface area contributed by atoms with Crippen LogP contribution in [0.2, 0.25) is 0 Å². The Morgan fingerprint density at radius 2 is 1.85 bits per heavy atom. The van der Waals surface area contributed by atoms with Crippen LogP contribution in [-0.2, 0) is 4.74 Å². The third kappa shape index (κ3) is 3.12. The molecule has 0 aromatic heterocycles. The van der Waals surface area contributed by atoms with Crippen LogP contribution < -0.4 is 0 Å². The molecule has 0 aromatic rings. The molecule has 2 nitrogen and oxygen atoms in total. The van der Waals surface area contributed by atoms with Gasteiger partial charge in [-0.15, -0.1) is 0 Å².